The third-order valence-corrected chi connectivity index (χ3v) is 3.62. The lowest BCUT2D eigenvalue weighted by Gasteiger charge is -2.30. The number of hydrogen-bond acceptors (Lipinski definition) is 4. The molecule has 3 atom stereocenters. The van der Waals surface area contributed by atoms with E-state index in [1.807, 2.05) is 0 Å². The highest BCUT2D eigenvalue weighted by Crippen LogP contribution is 2.49. The second-order valence-corrected chi connectivity index (χ2v) is 6.37. The Bertz CT molecular complexity index is 381. The van der Waals surface area contributed by atoms with Gasteiger partial charge in [0.05, 0.1) is 18.1 Å². The summed E-state index contributed by atoms with van der Waals surface area (Å²) in [6.07, 6.45) is 0.726. The van der Waals surface area contributed by atoms with Gasteiger partial charge in [-0.25, -0.2) is 4.79 Å². The summed E-state index contributed by atoms with van der Waals surface area (Å²) in [5, 5.41) is 11.9. The van der Waals surface area contributed by atoms with Gasteiger partial charge in [-0.05, 0) is 39.5 Å². The van der Waals surface area contributed by atoms with E-state index in [1.165, 1.54) is 0 Å². The first kappa shape index (κ1) is 14.1. The van der Waals surface area contributed by atoms with Crippen LogP contribution in [0.4, 0.5) is 4.79 Å². The van der Waals surface area contributed by atoms with Crippen LogP contribution in [0.15, 0.2) is 0 Å². The molecule has 0 radical (unpaired) electrons. The van der Waals surface area contributed by atoms with Crippen molar-refractivity contribution in [3.8, 4) is 0 Å². The lowest BCUT2D eigenvalue weighted by atomic mass is 9.91. The average molecular weight is 271 g/mol. The van der Waals surface area contributed by atoms with Gasteiger partial charge in [-0.15, -0.1) is 0 Å². The monoisotopic (exact) mass is 271 g/mol. The van der Waals surface area contributed by atoms with Crippen LogP contribution >= 0.6 is 0 Å². The number of alkyl carbamates (subject to hydrolysis) is 1. The molecule has 2 fully saturated rings. The number of carboxylic acid groups (broad SMARTS) is 1. The van der Waals surface area contributed by atoms with Crippen LogP contribution in [0.3, 0.4) is 0 Å². The Balaban J connectivity index is 2.01. The van der Waals surface area contributed by atoms with Crippen LogP contribution < -0.4 is 5.32 Å². The van der Waals surface area contributed by atoms with Crippen molar-refractivity contribution in [1.29, 1.82) is 0 Å². The second-order valence-electron chi connectivity index (χ2n) is 6.37. The zero-order valence-corrected chi connectivity index (χ0v) is 11.6. The normalized spacial score (nSPS) is 33.8. The van der Waals surface area contributed by atoms with E-state index in [4.69, 9.17) is 14.6 Å². The molecule has 3 unspecified atom stereocenters. The number of rotatable bonds is 3. The van der Waals surface area contributed by atoms with Crippen molar-refractivity contribution < 1.29 is 24.2 Å². The molecule has 6 nitrogen and oxygen atoms in total. The molecular weight excluding hydrogens is 250 g/mol. The molecule has 0 aromatic rings. The van der Waals surface area contributed by atoms with Gasteiger partial charge in [-0.1, -0.05) is 0 Å². The van der Waals surface area contributed by atoms with E-state index in [1.54, 1.807) is 20.8 Å². The van der Waals surface area contributed by atoms with Gasteiger partial charge in [0.15, 0.2) is 0 Å². The molecule has 1 heterocycles. The Kier molecular flexibility index (Phi) is 3.47. The van der Waals surface area contributed by atoms with Crippen molar-refractivity contribution in [2.24, 2.45) is 11.8 Å². The molecule has 1 saturated carbocycles. The van der Waals surface area contributed by atoms with Gasteiger partial charge >= 0.3 is 12.1 Å². The first-order valence-corrected chi connectivity index (χ1v) is 6.55. The molecule has 19 heavy (non-hydrogen) atoms. The molecule has 0 aromatic heterocycles. The fraction of sp³-hybridized carbons (Fsp3) is 0.846. The fourth-order valence-electron chi connectivity index (χ4n) is 2.65. The molecule has 0 bridgehead atoms. The van der Waals surface area contributed by atoms with E-state index in [0.29, 0.717) is 26.1 Å². The van der Waals surface area contributed by atoms with E-state index in [9.17, 15) is 9.59 Å². The fourth-order valence-corrected chi connectivity index (χ4v) is 2.65. The van der Waals surface area contributed by atoms with Gasteiger partial charge in [0.2, 0.25) is 0 Å². The topological polar surface area (TPSA) is 84.9 Å². The average Bonchev–Trinajstić information content (AvgIpc) is 2.92. The molecule has 6 heteroatoms. The van der Waals surface area contributed by atoms with Gasteiger partial charge < -0.3 is 19.9 Å². The maximum atomic E-state index is 11.9. The lowest BCUT2D eigenvalue weighted by molar-refractivity contribution is -0.139. The van der Waals surface area contributed by atoms with Crippen molar-refractivity contribution in [2.45, 2.75) is 44.8 Å². The molecule has 1 saturated heterocycles. The molecule has 1 amide bonds. The van der Waals surface area contributed by atoms with Crippen molar-refractivity contribution in [3.63, 3.8) is 0 Å². The van der Waals surface area contributed by atoms with Gasteiger partial charge in [0.25, 0.3) is 0 Å². The Labute approximate surface area is 112 Å². The van der Waals surface area contributed by atoms with Crippen LogP contribution in [0, 0.1) is 11.8 Å². The number of carboxylic acids is 1. The SMILES string of the molecule is CC(C)(C)OC(=O)NC1(C2CC2C(=O)O)CCOC1. The lowest BCUT2D eigenvalue weighted by Crippen LogP contribution is -2.53. The van der Waals surface area contributed by atoms with E-state index >= 15 is 0 Å². The smallest absolute Gasteiger partial charge is 0.408 e. The molecule has 1 aliphatic carbocycles. The van der Waals surface area contributed by atoms with Gasteiger partial charge in [0.1, 0.15) is 5.60 Å². The Morgan fingerprint density at radius 2 is 2.11 bits per heavy atom. The summed E-state index contributed by atoms with van der Waals surface area (Å²) in [4.78, 5) is 22.9. The van der Waals surface area contributed by atoms with E-state index in [0.717, 1.165) is 0 Å². The zero-order valence-electron chi connectivity index (χ0n) is 11.6. The summed E-state index contributed by atoms with van der Waals surface area (Å²) >= 11 is 0. The molecule has 2 N–H and O–H groups in total. The summed E-state index contributed by atoms with van der Waals surface area (Å²) in [6.45, 7) is 6.28. The Morgan fingerprint density at radius 3 is 2.53 bits per heavy atom. The minimum atomic E-state index is -0.803. The van der Waals surface area contributed by atoms with Gasteiger partial charge in [-0.2, -0.15) is 0 Å². The number of aliphatic carboxylic acids is 1. The predicted molar refractivity (Wildman–Crippen MR) is 66.8 cm³/mol. The van der Waals surface area contributed by atoms with Crippen LogP contribution in [0.25, 0.3) is 0 Å². The number of amides is 1. The van der Waals surface area contributed by atoms with Crippen molar-refractivity contribution >= 4 is 12.1 Å². The maximum Gasteiger partial charge on any atom is 0.408 e. The number of carbonyl (C=O) groups is 2. The predicted octanol–water partition coefficient (Wildman–Crippen LogP) is 1.39. The summed E-state index contributed by atoms with van der Waals surface area (Å²) < 4.78 is 10.6. The molecule has 108 valence electrons. The summed E-state index contributed by atoms with van der Waals surface area (Å²) in [7, 11) is 0. The molecule has 0 aromatic carbocycles. The van der Waals surface area contributed by atoms with E-state index in [2.05, 4.69) is 5.32 Å². The van der Waals surface area contributed by atoms with Crippen LogP contribution in [-0.2, 0) is 14.3 Å². The number of carbonyl (C=O) groups excluding carboxylic acids is 1. The van der Waals surface area contributed by atoms with Crippen molar-refractivity contribution in [2.75, 3.05) is 13.2 Å². The highest BCUT2D eigenvalue weighted by atomic mass is 16.6. The highest BCUT2D eigenvalue weighted by Gasteiger charge is 2.58. The third-order valence-electron chi connectivity index (χ3n) is 3.62. The van der Waals surface area contributed by atoms with Crippen molar-refractivity contribution in [1.82, 2.24) is 5.32 Å². The van der Waals surface area contributed by atoms with Crippen LogP contribution in [0.2, 0.25) is 0 Å². The standard InChI is InChI=1S/C13H21NO5/c1-12(2,3)19-11(17)14-13(4-5-18-7-13)9-6-8(9)10(15)16/h8-9H,4-7H2,1-3H3,(H,14,17)(H,15,16). The molecule has 2 aliphatic rings. The maximum absolute atomic E-state index is 11.9. The number of hydrogen-bond donors (Lipinski definition) is 2. The summed E-state index contributed by atoms with van der Waals surface area (Å²) in [5.41, 5.74) is -1.15. The first-order valence-electron chi connectivity index (χ1n) is 6.55. The Morgan fingerprint density at radius 1 is 1.42 bits per heavy atom. The van der Waals surface area contributed by atoms with Crippen LogP contribution in [0.1, 0.15) is 33.6 Å². The number of nitrogens with one attached hydrogen (secondary N) is 1. The first-order chi connectivity index (χ1) is 8.73. The van der Waals surface area contributed by atoms with Crippen molar-refractivity contribution in [3.05, 3.63) is 0 Å². The third kappa shape index (κ3) is 3.18. The van der Waals surface area contributed by atoms with Crippen LogP contribution in [-0.4, -0.2) is 41.5 Å². The minimum Gasteiger partial charge on any atom is -0.481 e. The van der Waals surface area contributed by atoms with E-state index < -0.39 is 23.2 Å². The molecular formula is C13H21NO5. The summed E-state index contributed by atoms with van der Waals surface area (Å²) in [5.74, 6) is -1.24. The largest absolute Gasteiger partial charge is 0.481 e. The van der Waals surface area contributed by atoms with Crippen LogP contribution in [0.5, 0.6) is 0 Å². The van der Waals surface area contributed by atoms with E-state index in [-0.39, 0.29) is 11.8 Å². The summed E-state index contributed by atoms with van der Waals surface area (Å²) in [6, 6.07) is 0. The van der Waals surface area contributed by atoms with Gasteiger partial charge in [-0.3, -0.25) is 4.79 Å². The zero-order chi connectivity index (χ0) is 14.3. The second kappa shape index (κ2) is 4.67. The van der Waals surface area contributed by atoms with Gasteiger partial charge in [0, 0.05) is 6.61 Å². The highest BCUT2D eigenvalue weighted by molar-refractivity contribution is 5.75. The quantitative estimate of drug-likeness (QED) is 0.810. The number of ether oxygens (including phenoxy) is 2. The Hall–Kier alpha value is -1.30. The minimum absolute atomic E-state index is 0.0555. The molecule has 1 aliphatic heterocycles. The molecule has 2 rings (SSSR count). The molecule has 0 spiro atoms.